The van der Waals surface area contributed by atoms with Gasteiger partial charge < -0.3 is 10.1 Å². The van der Waals surface area contributed by atoms with Crippen LogP contribution in [-0.4, -0.2) is 12.5 Å². The van der Waals surface area contributed by atoms with Gasteiger partial charge in [-0.2, -0.15) is 0 Å². The van der Waals surface area contributed by atoms with Gasteiger partial charge in [0.1, 0.15) is 12.4 Å². The maximum Gasteiger partial charge on any atom is 0.255 e. The van der Waals surface area contributed by atoms with E-state index in [0.717, 1.165) is 21.5 Å². The second kappa shape index (κ2) is 7.09. The molecular weight excluding hydrogens is 330 g/mol. The first-order valence-corrected chi connectivity index (χ1v) is 7.30. The standard InChI is InChI=1S/C17H16BrNO2/c1-3-10-21-15-8-6-14(7-9-15)19-17(20)13-5-4-12(2)16(18)11-13/h3-9,11H,1,10H2,2H3,(H,19,20). The average molecular weight is 346 g/mol. The van der Waals surface area contributed by atoms with Gasteiger partial charge in [0.2, 0.25) is 0 Å². The highest BCUT2D eigenvalue weighted by Crippen LogP contribution is 2.20. The fourth-order valence-corrected chi connectivity index (χ4v) is 2.11. The topological polar surface area (TPSA) is 38.3 Å². The summed E-state index contributed by atoms with van der Waals surface area (Å²) in [6.07, 6.45) is 1.69. The molecule has 0 radical (unpaired) electrons. The van der Waals surface area contributed by atoms with Gasteiger partial charge >= 0.3 is 0 Å². The molecule has 21 heavy (non-hydrogen) atoms. The van der Waals surface area contributed by atoms with Crippen LogP contribution in [0.15, 0.2) is 59.6 Å². The SMILES string of the molecule is C=CCOc1ccc(NC(=O)c2ccc(C)c(Br)c2)cc1. The van der Waals surface area contributed by atoms with Crippen LogP contribution in [0.4, 0.5) is 5.69 Å². The summed E-state index contributed by atoms with van der Waals surface area (Å²) in [5.74, 6) is 0.599. The Morgan fingerprint density at radius 2 is 2.00 bits per heavy atom. The number of hydrogen-bond donors (Lipinski definition) is 1. The number of benzene rings is 2. The van der Waals surface area contributed by atoms with E-state index in [9.17, 15) is 4.79 Å². The second-order valence-corrected chi connectivity index (χ2v) is 5.40. The van der Waals surface area contributed by atoms with Crippen molar-refractivity contribution in [1.29, 1.82) is 0 Å². The molecule has 0 bridgehead atoms. The number of anilines is 1. The lowest BCUT2D eigenvalue weighted by molar-refractivity contribution is 0.102. The van der Waals surface area contributed by atoms with Gasteiger partial charge in [0.15, 0.2) is 0 Å². The van der Waals surface area contributed by atoms with E-state index in [-0.39, 0.29) is 5.91 Å². The third kappa shape index (κ3) is 4.20. The van der Waals surface area contributed by atoms with Crippen LogP contribution in [0.1, 0.15) is 15.9 Å². The Labute approximate surface area is 132 Å². The fourth-order valence-electron chi connectivity index (χ4n) is 1.73. The van der Waals surface area contributed by atoms with Crippen LogP contribution in [0.2, 0.25) is 0 Å². The second-order valence-electron chi connectivity index (χ2n) is 4.54. The Balaban J connectivity index is 2.05. The zero-order chi connectivity index (χ0) is 15.2. The Morgan fingerprint density at radius 3 is 2.62 bits per heavy atom. The van der Waals surface area contributed by atoms with Crippen molar-refractivity contribution in [2.75, 3.05) is 11.9 Å². The maximum atomic E-state index is 12.2. The van der Waals surface area contributed by atoms with E-state index in [1.54, 1.807) is 24.3 Å². The largest absolute Gasteiger partial charge is 0.490 e. The summed E-state index contributed by atoms with van der Waals surface area (Å²) in [5, 5.41) is 2.85. The quantitative estimate of drug-likeness (QED) is 0.805. The molecule has 0 aromatic heterocycles. The molecule has 0 spiro atoms. The number of rotatable bonds is 5. The van der Waals surface area contributed by atoms with Crippen LogP contribution in [0.25, 0.3) is 0 Å². The van der Waals surface area contributed by atoms with E-state index in [4.69, 9.17) is 4.74 Å². The highest BCUT2D eigenvalue weighted by atomic mass is 79.9. The van der Waals surface area contributed by atoms with Crippen LogP contribution < -0.4 is 10.1 Å². The van der Waals surface area contributed by atoms with Gasteiger partial charge in [0, 0.05) is 15.7 Å². The van der Waals surface area contributed by atoms with Crippen molar-refractivity contribution in [2.24, 2.45) is 0 Å². The van der Waals surface area contributed by atoms with Crippen molar-refractivity contribution in [3.63, 3.8) is 0 Å². The van der Waals surface area contributed by atoms with Crippen LogP contribution in [0.3, 0.4) is 0 Å². The molecular formula is C17H16BrNO2. The van der Waals surface area contributed by atoms with E-state index >= 15 is 0 Å². The summed E-state index contributed by atoms with van der Waals surface area (Å²) >= 11 is 3.43. The van der Waals surface area contributed by atoms with E-state index in [1.165, 1.54) is 0 Å². The highest BCUT2D eigenvalue weighted by Gasteiger charge is 2.07. The monoisotopic (exact) mass is 345 g/mol. The minimum absolute atomic E-state index is 0.143. The summed E-state index contributed by atoms with van der Waals surface area (Å²) < 4.78 is 6.31. The Kier molecular flexibility index (Phi) is 5.17. The molecule has 0 saturated heterocycles. The summed E-state index contributed by atoms with van der Waals surface area (Å²) in [7, 11) is 0. The van der Waals surface area contributed by atoms with Gasteiger partial charge in [0.05, 0.1) is 0 Å². The average Bonchev–Trinajstić information content (AvgIpc) is 2.49. The number of amides is 1. The fraction of sp³-hybridized carbons (Fsp3) is 0.118. The van der Waals surface area contributed by atoms with Crippen molar-refractivity contribution >= 4 is 27.5 Å². The minimum Gasteiger partial charge on any atom is -0.490 e. The van der Waals surface area contributed by atoms with Crippen molar-refractivity contribution in [3.05, 3.63) is 70.7 Å². The molecule has 0 saturated carbocycles. The highest BCUT2D eigenvalue weighted by molar-refractivity contribution is 9.10. The molecule has 2 aromatic rings. The van der Waals surface area contributed by atoms with Crippen molar-refractivity contribution in [1.82, 2.24) is 0 Å². The first-order chi connectivity index (χ1) is 10.1. The summed E-state index contributed by atoms with van der Waals surface area (Å²) in [4.78, 5) is 12.2. The third-order valence-corrected chi connectivity index (χ3v) is 3.77. The molecule has 0 aliphatic carbocycles. The van der Waals surface area contributed by atoms with Crippen LogP contribution >= 0.6 is 15.9 Å². The van der Waals surface area contributed by atoms with Crippen LogP contribution in [0, 0.1) is 6.92 Å². The predicted molar refractivity (Wildman–Crippen MR) is 89.0 cm³/mol. The molecule has 4 heteroatoms. The smallest absolute Gasteiger partial charge is 0.255 e. The van der Waals surface area contributed by atoms with Crippen LogP contribution in [0.5, 0.6) is 5.75 Å². The van der Waals surface area contributed by atoms with E-state index in [1.807, 2.05) is 31.2 Å². The number of hydrogen-bond acceptors (Lipinski definition) is 2. The lowest BCUT2D eigenvalue weighted by Gasteiger charge is -2.08. The Hall–Kier alpha value is -2.07. The van der Waals surface area contributed by atoms with Gasteiger partial charge in [-0.25, -0.2) is 0 Å². The van der Waals surface area contributed by atoms with Gasteiger partial charge in [-0.1, -0.05) is 34.7 Å². The normalized spacial score (nSPS) is 10.0. The molecule has 0 unspecified atom stereocenters. The van der Waals surface area contributed by atoms with Gasteiger partial charge in [-0.15, -0.1) is 0 Å². The molecule has 108 valence electrons. The van der Waals surface area contributed by atoms with Gasteiger partial charge in [-0.05, 0) is 48.9 Å². The summed E-state index contributed by atoms with van der Waals surface area (Å²) in [6, 6.07) is 12.8. The molecule has 2 aromatic carbocycles. The molecule has 0 atom stereocenters. The minimum atomic E-state index is -0.143. The number of ether oxygens (including phenoxy) is 1. The molecule has 1 amide bonds. The number of nitrogens with one attached hydrogen (secondary N) is 1. The first-order valence-electron chi connectivity index (χ1n) is 6.51. The van der Waals surface area contributed by atoms with Crippen LogP contribution in [-0.2, 0) is 0 Å². The Bertz CT molecular complexity index is 650. The van der Waals surface area contributed by atoms with Gasteiger partial charge in [-0.3, -0.25) is 4.79 Å². The predicted octanol–water partition coefficient (Wildman–Crippen LogP) is 4.57. The molecule has 0 fully saturated rings. The number of aryl methyl sites for hydroxylation is 1. The zero-order valence-corrected chi connectivity index (χ0v) is 13.3. The van der Waals surface area contributed by atoms with Crippen molar-refractivity contribution in [3.8, 4) is 5.75 Å². The first kappa shape index (κ1) is 15.3. The number of carbonyl (C=O) groups is 1. The van der Waals surface area contributed by atoms with E-state index < -0.39 is 0 Å². The Morgan fingerprint density at radius 1 is 1.29 bits per heavy atom. The summed E-state index contributed by atoms with van der Waals surface area (Å²) in [6.45, 7) is 6.03. The molecule has 1 N–H and O–H groups in total. The molecule has 3 nitrogen and oxygen atoms in total. The van der Waals surface area contributed by atoms with E-state index in [0.29, 0.717) is 12.2 Å². The van der Waals surface area contributed by atoms with Crippen molar-refractivity contribution < 1.29 is 9.53 Å². The lowest BCUT2D eigenvalue weighted by atomic mass is 10.1. The van der Waals surface area contributed by atoms with E-state index in [2.05, 4.69) is 27.8 Å². The zero-order valence-electron chi connectivity index (χ0n) is 11.7. The molecule has 0 aliphatic rings. The molecule has 0 aliphatic heterocycles. The van der Waals surface area contributed by atoms with Gasteiger partial charge in [0.25, 0.3) is 5.91 Å². The van der Waals surface area contributed by atoms with Crippen molar-refractivity contribution in [2.45, 2.75) is 6.92 Å². The lowest BCUT2D eigenvalue weighted by Crippen LogP contribution is -2.11. The number of carbonyl (C=O) groups excluding carboxylic acids is 1. The third-order valence-electron chi connectivity index (χ3n) is 2.91. The maximum absolute atomic E-state index is 12.2. The molecule has 0 heterocycles. The molecule has 2 rings (SSSR count). The number of halogens is 1. The summed E-state index contributed by atoms with van der Waals surface area (Å²) in [5.41, 5.74) is 2.43.